The third-order valence-electron chi connectivity index (χ3n) is 2.44. The van der Waals surface area contributed by atoms with Gasteiger partial charge in [0.15, 0.2) is 0 Å². The maximum absolute atomic E-state index is 4.06. The zero-order chi connectivity index (χ0) is 13.2. The predicted molar refractivity (Wildman–Crippen MR) is 80.2 cm³/mol. The second-order valence-electron chi connectivity index (χ2n) is 3.84. The number of fused-ring (bicyclic) bond motifs is 1. The fourth-order valence-corrected chi connectivity index (χ4v) is 1.52. The Labute approximate surface area is 129 Å². The summed E-state index contributed by atoms with van der Waals surface area (Å²) in [5, 5.41) is 0. The summed E-state index contributed by atoms with van der Waals surface area (Å²) in [5.74, 6) is 0. The molecule has 4 rings (SSSR count). The number of aromatic nitrogens is 2. The summed E-state index contributed by atoms with van der Waals surface area (Å²) in [6.45, 7) is 0. The van der Waals surface area contributed by atoms with Crippen molar-refractivity contribution in [3.05, 3.63) is 91.3 Å². The fourth-order valence-electron chi connectivity index (χ4n) is 1.52. The van der Waals surface area contributed by atoms with Gasteiger partial charge in [-0.15, -0.1) is 0 Å². The molecule has 0 unspecified atom stereocenters. The van der Waals surface area contributed by atoms with Crippen LogP contribution < -0.4 is 0 Å². The number of hydrogen-bond donors (Lipinski definition) is 1. The Balaban J connectivity index is 0.000000158. The monoisotopic (exact) mass is 304 g/mol. The molecular weight excluding hydrogens is 288 g/mol. The first-order valence-electron chi connectivity index (χ1n) is 6.18. The van der Waals surface area contributed by atoms with Gasteiger partial charge in [0.25, 0.3) is 0 Å². The number of para-hydroxylation sites is 2. The SMILES string of the molecule is [Fe].[cH-]1[cH-][cH-][cH-][cH-]1.c1cc[cH-]c1.c1ccc2[nH]cnc2c1. The molecule has 3 heteroatoms. The van der Waals surface area contributed by atoms with Gasteiger partial charge in [-0.25, -0.2) is 17.1 Å². The van der Waals surface area contributed by atoms with Crippen molar-refractivity contribution in [3.63, 3.8) is 0 Å². The third-order valence-corrected chi connectivity index (χ3v) is 2.44. The molecule has 1 aromatic heterocycles. The van der Waals surface area contributed by atoms with Gasteiger partial charge >= 0.3 is 0 Å². The number of nitrogens with one attached hydrogen (secondary N) is 1. The van der Waals surface area contributed by atoms with Gasteiger partial charge in [-0.2, -0.15) is 18.2 Å². The Kier molecular flexibility index (Phi) is 7.81. The second-order valence-corrected chi connectivity index (χ2v) is 3.84. The van der Waals surface area contributed by atoms with Crippen molar-refractivity contribution >= 4 is 11.0 Å². The second kappa shape index (κ2) is 9.79. The van der Waals surface area contributed by atoms with Crippen molar-refractivity contribution in [1.82, 2.24) is 9.97 Å². The molecule has 0 radical (unpaired) electrons. The van der Waals surface area contributed by atoms with Crippen LogP contribution in [-0.4, -0.2) is 9.97 Å². The normalized spacial score (nSPS) is 8.60. The van der Waals surface area contributed by atoms with Crippen LogP contribution >= 0.6 is 0 Å². The molecule has 0 spiro atoms. The van der Waals surface area contributed by atoms with Crippen LogP contribution in [0.25, 0.3) is 11.0 Å². The molecule has 0 amide bonds. The first kappa shape index (κ1) is 16.0. The number of benzene rings is 1. The number of aromatic amines is 1. The minimum atomic E-state index is 0. The number of nitrogens with zero attached hydrogens (tertiary/aromatic N) is 1. The molecule has 0 aliphatic rings. The summed E-state index contributed by atoms with van der Waals surface area (Å²) in [7, 11) is 0. The maximum Gasteiger partial charge on any atom is 0.0931 e. The first-order valence-corrected chi connectivity index (χ1v) is 6.18. The molecule has 1 N–H and O–H groups in total. The van der Waals surface area contributed by atoms with E-state index in [-0.39, 0.29) is 17.1 Å². The van der Waals surface area contributed by atoms with Crippen molar-refractivity contribution in [1.29, 1.82) is 0 Å². The summed E-state index contributed by atoms with van der Waals surface area (Å²) >= 11 is 0. The van der Waals surface area contributed by atoms with Gasteiger partial charge in [0.05, 0.1) is 17.4 Å². The molecule has 0 saturated carbocycles. The average molecular weight is 304 g/mol. The van der Waals surface area contributed by atoms with Crippen LogP contribution in [0.4, 0.5) is 0 Å². The van der Waals surface area contributed by atoms with E-state index in [4.69, 9.17) is 0 Å². The van der Waals surface area contributed by atoms with Gasteiger partial charge in [0.2, 0.25) is 0 Å². The van der Waals surface area contributed by atoms with Crippen LogP contribution in [0.5, 0.6) is 0 Å². The van der Waals surface area contributed by atoms with Crippen LogP contribution in [0.3, 0.4) is 0 Å². The molecule has 1 heterocycles. The third kappa shape index (κ3) is 5.70. The molecule has 0 fully saturated rings. The van der Waals surface area contributed by atoms with Crippen LogP contribution in [0, 0.1) is 0 Å². The number of hydrogen-bond acceptors (Lipinski definition) is 1. The van der Waals surface area contributed by atoms with Gasteiger partial charge < -0.3 is 35.3 Å². The largest absolute Gasteiger partial charge is 0.748 e. The van der Waals surface area contributed by atoms with E-state index in [9.17, 15) is 0 Å². The van der Waals surface area contributed by atoms with E-state index in [1.165, 1.54) is 0 Å². The fraction of sp³-hybridized carbons (Fsp3) is 0. The van der Waals surface area contributed by atoms with Crippen molar-refractivity contribution in [2.75, 3.05) is 0 Å². The van der Waals surface area contributed by atoms with Crippen molar-refractivity contribution in [2.45, 2.75) is 0 Å². The Hall–Kier alpha value is -2.09. The molecule has 20 heavy (non-hydrogen) atoms. The van der Waals surface area contributed by atoms with E-state index < -0.39 is 0 Å². The van der Waals surface area contributed by atoms with Gasteiger partial charge in [-0.3, -0.25) is 0 Å². The zero-order valence-corrected chi connectivity index (χ0v) is 12.1. The molecule has 3 aromatic carbocycles. The zero-order valence-electron chi connectivity index (χ0n) is 11.0. The van der Waals surface area contributed by atoms with Crippen LogP contribution in [0.1, 0.15) is 0 Å². The average Bonchev–Trinajstić information content (AvgIpc) is 3.22. The summed E-state index contributed by atoms with van der Waals surface area (Å²) in [4.78, 5) is 7.07. The van der Waals surface area contributed by atoms with Gasteiger partial charge in [-0.1, -0.05) is 12.1 Å². The number of rotatable bonds is 0. The molecular formula is C17H16FeN2-6. The van der Waals surface area contributed by atoms with Gasteiger partial charge in [-0.05, 0) is 12.1 Å². The Morgan fingerprint density at radius 2 is 1.40 bits per heavy atom. The van der Waals surface area contributed by atoms with Gasteiger partial charge in [0, 0.05) is 17.1 Å². The van der Waals surface area contributed by atoms with Crippen LogP contribution in [-0.2, 0) is 17.1 Å². The van der Waals surface area contributed by atoms with Crippen LogP contribution in [0.2, 0.25) is 0 Å². The smallest absolute Gasteiger partial charge is 0.0931 e. The summed E-state index contributed by atoms with van der Waals surface area (Å²) in [6, 6.07) is 27.9. The van der Waals surface area contributed by atoms with Crippen LogP contribution in [0.15, 0.2) is 91.3 Å². The van der Waals surface area contributed by atoms with E-state index in [1.807, 2.05) is 84.9 Å². The minimum Gasteiger partial charge on any atom is -0.748 e. The Morgan fingerprint density at radius 1 is 0.800 bits per heavy atom. The van der Waals surface area contributed by atoms with E-state index in [0.717, 1.165) is 11.0 Å². The topological polar surface area (TPSA) is 28.7 Å². The van der Waals surface area contributed by atoms with Crippen molar-refractivity contribution in [2.24, 2.45) is 0 Å². The summed E-state index contributed by atoms with van der Waals surface area (Å²) in [6.07, 6.45) is 1.70. The Morgan fingerprint density at radius 3 is 1.90 bits per heavy atom. The van der Waals surface area contributed by atoms with Crippen molar-refractivity contribution < 1.29 is 17.1 Å². The molecule has 0 aliphatic carbocycles. The summed E-state index contributed by atoms with van der Waals surface area (Å²) in [5.41, 5.74) is 2.12. The molecule has 0 saturated heterocycles. The summed E-state index contributed by atoms with van der Waals surface area (Å²) < 4.78 is 0. The van der Waals surface area contributed by atoms with E-state index in [2.05, 4.69) is 9.97 Å². The van der Waals surface area contributed by atoms with Gasteiger partial charge in [0.1, 0.15) is 0 Å². The number of imidazole rings is 1. The molecule has 0 bridgehead atoms. The Bertz CT molecular complexity index is 546. The molecule has 4 aromatic rings. The van der Waals surface area contributed by atoms with E-state index >= 15 is 0 Å². The minimum absolute atomic E-state index is 0. The first-order chi connectivity index (χ1) is 9.47. The predicted octanol–water partition coefficient (Wildman–Crippen LogP) is 4.37. The molecule has 108 valence electrons. The van der Waals surface area contributed by atoms with E-state index in [1.54, 1.807) is 6.33 Å². The maximum atomic E-state index is 4.06. The van der Waals surface area contributed by atoms with E-state index in [0.29, 0.717) is 0 Å². The molecule has 2 nitrogen and oxygen atoms in total. The molecule has 0 atom stereocenters. The number of H-pyrrole nitrogens is 1. The quantitative estimate of drug-likeness (QED) is 0.379. The standard InChI is InChI=1S/C7H6N2.2C5H5.Fe/c1-2-4-7-6(3-1)8-5-9-7;2*1-2-4-5-3-1;/h1-5H,(H,8,9);2*1-5H;/q;-5;-1;. The van der Waals surface area contributed by atoms with Crippen molar-refractivity contribution in [3.8, 4) is 0 Å². The molecule has 0 aliphatic heterocycles.